The molecule has 0 aliphatic carbocycles. The molecule has 0 heterocycles. The van der Waals surface area contributed by atoms with E-state index in [0.29, 0.717) is 0 Å². The van der Waals surface area contributed by atoms with Gasteiger partial charge in [0.15, 0.2) is 0 Å². The van der Waals surface area contributed by atoms with Crippen molar-refractivity contribution in [3.63, 3.8) is 0 Å². The fourth-order valence-electron chi connectivity index (χ4n) is 1.91. The molecule has 0 atom stereocenters. The largest absolute Gasteiger partial charge is 0.872 e. The molecular formula is C15H14O2-2. The summed E-state index contributed by atoms with van der Waals surface area (Å²) in [6.45, 7) is 4.15. The Morgan fingerprint density at radius 1 is 0.647 bits per heavy atom. The molecule has 2 rings (SSSR count). The van der Waals surface area contributed by atoms with Crippen molar-refractivity contribution in [3.05, 3.63) is 59.7 Å². The summed E-state index contributed by atoms with van der Waals surface area (Å²) in [7, 11) is 0. The number of hydrogen-bond donors (Lipinski definition) is 0. The van der Waals surface area contributed by atoms with Gasteiger partial charge in [0, 0.05) is 5.41 Å². The summed E-state index contributed by atoms with van der Waals surface area (Å²) in [5.74, 6) is 0.0268. The number of rotatable bonds is 2. The Hall–Kier alpha value is -1.96. The van der Waals surface area contributed by atoms with Crippen LogP contribution in [0.4, 0.5) is 0 Å². The van der Waals surface area contributed by atoms with Gasteiger partial charge in [0.1, 0.15) is 0 Å². The van der Waals surface area contributed by atoms with Crippen LogP contribution in [0.15, 0.2) is 48.5 Å². The Morgan fingerprint density at radius 3 is 1.24 bits per heavy atom. The van der Waals surface area contributed by atoms with Gasteiger partial charge in [-0.25, -0.2) is 0 Å². The van der Waals surface area contributed by atoms with Gasteiger partial charge in [-0.05, 0) is 11.1 Å². The van der Waals surface area contributed by atoms with Crippen molar-refractivity contribution in [3.8, 4) is 11.5 Å². The van der Waals surface area contributed by atoms with Crippen molar-refractivity contribution in [1.82, 2.24) is 0 Å². The monoisotopic (exact) mass is 226 g/mol. The van der Waals surface area contributed by atoms with Crippen molar-refractivity contribution in [2.45, 2.75) is 19.3 Å². The van der Waals surface area contributed by atoms with Gasteiger partial charge in [-0.1, -0.05) is 62.4 Å². The second-order valence-electron chi connectivity index (χ2n) is 4.67. The van der Waals surface area contributed by atoms with E-state index in [0.717, 1.165) is 11.1 Å². The average molecular weight is 226 g/mol. The highest BCUT2D eigenvalue weighted by Crippen LogP contribution is 2.32. The minimum Gasteiger partial charge on any atom is -0.872 e. The van der Waals surface area contributed by atoms with E-state index in [1.807, 2.05) is 24.3 Å². The molecule has 0 aromatic heterocycles. The lowest BCUT2D eigenvalue weighted by Gasteiger charge is -2.27. The van der Waals surface area contributed by atoms with E-state index in [1.54, 1.807) is 24.3 Å². The first-order chi connectivity index (χ1) is 8.00. The van der Waals surface area contributed by atoms with Crippen LogP contribution in [0.3, 0.4) is 0 Å². The molecule has 0 aliphatic heterocycles. The normalized spacial score (nSPS) is 11.4. The van der Waals surface area contributed by atoms with Gasteiger partial charge in [-0.15, -0.1) is 11.5 Å². The first-order valence-electron chi connectivity index (χ1n) is 5.55. The number of hydrogen-bond acceptors (Lipinski definition) is 2. The predicted molar refractivity (Wildman–Crippen MR) is 63.9 cm³/mol. The molecule has 0 radical (unpaired) electrons. The third-order valence-corrected chi connectivity index (χ3v) is 3.15. The maximum Gasteiger partial charge on any atom is 0.0146 e. The molecule has 0 amide bonds. The van der Waals surface area contributed by atoms with Crippen molar-refractivity contribution >= 4 is 0 Å². The van der Waals surface area contributed by atoms with Gasteiger partial charge in [-0.2, -0.15) is 0 Å². The molecule has 0 unspecified atom stereocenters. The van der Waals surface area contributed by atoms with E-state index in [9.17, 15) is 10.2 Å². The van der Waals surface area contributed by atoms with Gasteiger partial charge in [-0.3, -0.25) is 0 Å². The minimum atomic E-state index is -0.207. The molecule has 2 nitrogen and oxygen atoms in total. The molecule has 0 N–H and O–H groups in total. The maximum atomic E-state index is 11.1. The Kier molecular flexibility index (Phi) is 2.80. The van der Waals surface area contributed by atoms with Crippen LogP contribution in [0.1, 0.15) is 25.0 Å². The van der Waals surface area contributed by atoms with E-state index < -0.39 is 0 Å². The zero-order valence-corrected chi connectivity index (χ0v) is 9.94. The highest BCUT2D eigenvalue weighted by atomic mass is 16.3. The molecule has 0 saturated heterocycles. The summed E-state index contributed by atoms with van der Waals surface area (Å²) in [6, 6.07) is 13.6. The predicted octanol–water partition coefficient (Wildman–Crippen LogP) is 2.16. The van der Waals surface area contributed by atoms with Gasteiger partial charge in [0.05, 0.1) is 0 Å². The van der Waals surface area contributed by atoms with Crippen LogP contribution in [-0.4, -0.2) is 0 Å². The Labute approximate surface area is 101 Å². The summed E-state index contributed by atoms with van der Waals surface area (Å²) >= 11 is 0. The van der Waals surface area contributed by atoms with Crippen molar-refractivity contribution in [2.24, 2.45) is 0 Å². The number of benzene rings is 2. The Morgan fingerprint density at radius 2 is 0.941 bits per heavy atom. The molecule has 2 aromatic carbocycles. The summed E-state index contributed by atoms with van der Waals surface area (Å²) in [5, 5.41) is 22.2. The van der Waals surface area contributed by atoms with Crippen LogP contribution >= 0.6 is 0 Å². The van der Waals surface area contributed by atoms with Crippen LogP contribution in [-0.2, 0) is 5.41 Å². The molecule has 0 saturated carbocycles. The Balaban J connectivity index is 2.41. The Bertz CT molecular complexity index is 448. The van der Waals surface area contributed by atoms with Crippen LogP contribution in [0, 0.1) is 0 Å². The molecule has 0 aliphatic rings. The highest BCUT2D eigenvalue weighted by Gasteiger charge is 2.22. The zero-order chi connectivity index (χ0) is 12.5. The van der Waals surface area contributed by atoms with Gasteiger partial charge >= 0.3 is 0 Å². The molecule has 0 spiro atoms. The lowest BCUT2D eigenvalue weighted by atomic mass is 9.78. The molecule has 0 fully saturated rings. The van der Waals surface area contributed by atoms with Gasteiger partial charge in [0.2, 0.25) is 0 Å². The third kappa shape index (κ3) is 2.26. The van der Waals surface area contributed by atoms with Gasteiger partial charge < -0.3 is 10.2 Å². The fourth-order valence-corrected chi connectivity index (χ4v) is 1.91. The van der Waals surface area contributed by atoms with Crippen molar-refractivity contribution in [1.29, 1.82) is 0 Å². The summed E-state index contributed by atoms with van der Waals surface area (Å²) < 4.78 is 0. The van der Waals surface area contributed by atoms with E-state index in [1.165, 1.54) is 0 Å². The van der Waals surface area contributed by atoms with E-state index in [2.05, 4.69) is 13.8 Å². The second-order valence-corrected chi connectivity index (χ2v) is 4.67. The van der Waals surface area contributed by atoms with E-state index >= 15 is 0 Å². The SMILES string of the molecule is CC(C)(c1ccc([O-])cc1)c1ccc([O-])cc1. The molecule has 2 aromatic rings. The molecule has 17 heavy (non-hydrogen) atoms. The first-order valence-corrected chi connectivity index (χ1v) is 5.55. The highest BCUT2D eigenvalue weighted by molar-refractivity contribution is 5.40. The van der Waals surface area contributed by atoms with Crippen molar-refractivity contribution < 1.29 is 10.2 Å². The van der Waals surface area contributed by atoms with Crippen LogP contribution in [0.2, 0.25) is 0 Å². The summed E-state index contributed by atoms with van der Waals surface area (Å²) in [4.78, 5) is 0. The summed E-state index contributed by atoms with van der Waals surface area (Å²) in [6.07, 6.45) is 0. The standard InChI is InChI=1S/C15H16O2/c1-15(2,11-3-7-13(16)8-4-11)12-5-9-14(17)10-6-12/h3-10,16-17H,1-2H3/p-2. The molecular weight excluding hydrogens is 212 g/mol. The van der Waals surface area contributed by atoms with Crippen LogP contribution < -0.4 is 10.2 Å². The zero-order valence-electron chi connectivity index (χ0n) is 9.94. The lowest BCUT2D eigenvalue weighted by molar-refractivity contribution is -0.268. The molecule has 2 heteroatoms. The topological polar surface area (TPSA) is 46.1 Å². The van der Waals surface area contributed by atoms with Crippen molar-refractivity contribution in [2.75, 3.05) is 0 Å². The first kappa shape index (κ1) is 11.5. The van der Waals surface area contributed by atoms with E-state index in [4.69, 9.17) is 0 Å². The van der Waals surface area contributed by atoms with E-state index in [-0.39, 0.29) is 16.9 Å². The second kappa shape index (κ2) is 4.13. The lowest BCUT2D eigenvalue weighted by Crippen LogP contribution is -2.18. The van der Waals surface area contributed by atoms with Crippen LogP contribution in [0.25, 0.3) is 0 Å². The smallest absolute Gasteiger partial charge is 0.0146 e. The average Bonchev–Trinajstić information content (AvgIpc) is 2.30. The van der Waals surface area contributed by atoms with Crippen LogP contribution in [0.5, 0.6) is 11.5 Å². The minimum absolute atomic E-state index is 0.0134. The maximum absolute atomic E-state index is 11.1. The quantitative estimate of drug-likeness (QED) is 0.787. The summed E-state index contributed by atoms with van der Waals surface area (Å²) in [5.41, 5.74) is 1.92. The fraction of sp³-hybridized carbons (Fsp3) is 0.200. The molecule has 0 bridgehead atoms. The molecule has 88 valence electrons. The van der Waals surface area contributed by atoms with Gasteiger partial charge in [0.25, 0.3) is 0 Å². The third-order valence-electron chi connectivity index (χ3n) is 3.15.